The number of halogens is 2. The molecule has 1 aromatic heterocycles. The Bertz CT molecular complexity index is 1270. The van der Waals surface area contributed by atoms with Gasteiger partial charge >= 0.3 is 0 Å². The van der Waals surface area contributed by atoms with Gasteiger partial charge in [-0.15, -0.1) is 11.3 Å². The second-order valence-corrected chi connectivity index (χ2v) is 8.92. The molecule has 5 aromatic rings. The molecule has 5 rings (SSSR count). The van der Waals surface area contributed by atoms with Gasteiger partial charge in [0.15, 0.2) is 0 Å². The summed E-state index contributed by atoms with van der Waals surface area (Å²) < 4.78 is 4.91. The zero-order valence-electron chi connectivity index (χ0n) is 13.1. The molecule has 0 aliphatic heterocycles. The van der Waals surface area contributed by atoms with E-state index in [0.29, 0.717) is 0 Å². The fourth-order valence-electron chi connectivity index (χ4n) is 3.39. The fourth-order valence-corrected chi connectivity index (χ4v) is 5.45. The van der Waals surface area contributed by atoms with Crippen LogP contribution in [0, 0.1) is 0 Å². The lowest BCUT2D eigenvalue weighted by atomic mass is 10.0. The zero-order valence-corrected chi connectivity index (χ0v) is 17.1. The van der Waals surface area contributed by atoms with Crippen molar-refractivity contribution < 1.29 is 0 Å². The number of rotatable bonds is 1. The molecule has 0 nitrogen and oxygen atoms in total. The Morgan fingerprint density at radius 1 is 0.680 bits per heavy atom. The van der Waals surface area contributed by atoms with E-state index < -0.39 is 0 Å². The minimum absolute atomic E-state index is 1.09. The lowest BCUT2D eigenvalue weighted by molar-refractivity contribution is 1.57. The van der Waals surface area contributed by atoms with Gasteiger partial charge < -0.3 is 0 Å². The van der Waals surface area contributed by atoms with Crippen molar-refractivity contribution >= 4 is 74.1 Å². The van der Waals surface area contributed by atoms with E-state index in [1.165, 1.54) is 42.1 Å². The van der Waals surface area contributed by atoms with Gasteiger partial charge in [-0.3, -0.25) is 0 Å². The Kier molecular flexibility index (Phi) is 3.70. The van der Waals surface area contributed by atoms with Gasteiger partial charge in [0.25, 0.3) is 0 Å². The molecular weight excluding hydrogens is 456 g/mol. The maximum atomic E-state index is 3.69. The molecule has 4 aromatic carbocycles. The third-order valence-corrected chi connectivity index (χ3v) is 7.01. The van der Waals surface area contributed by atoms with E-state index in [0.717, 1.165) is 8.95 Å². The van der Waals surface area contributed by atoms with Gasteiger partial charge in [-0.25, -0.2) is 0 Å². The Balaban J connectivity index is 1.83. The molecule has 0 saturated heterocycles. The number of fused-ring (bicyclic) bond motifs is 5. The molecule has 0 aliphatic rings. The Morgan fingerprint density at radius 3 is 2.48 bits per heavy atom. The smallest absolute Gasteiger partial charge is 0.0433 e. The van der Waals surface area contributed by atoms with Crippen LogP contribution in [0.25, 0.3) is 42.1 Å². The number of thiophene rings is 1. The van der Waals surface area contributed by atoms with Crippen LogP contribution in [0.2, 0.25) is 0 Å². The molecule has 0 saturated carbocycles. The van der Waals surface area contributed by atoms with Gasteiger partial charge in [0.1, 0.15) is 0 Å². The van der Waals surface area contributed by atoms with Crippen LogP contribution < -0.4 is 0 Å². The van der Waals surface area contributed by atoms with Crippen molar-refractivity contribution in [3.8, 4) is 11.1 Å². The van der Waals surface area contributed by atoms with E-state index in [1.807, 2.05) is 11.3 Å². The summed E-state index contributed by atoms with van der Waals surface area (Å²) in [6.07, 6.45) is 0. The molecule has 0 bridgehead atoms. The summed E-state index contributed by atoms with van der Waals surface area (Å²) in [5.41, 5.74) is 2.44. The van der Waals surface area contributed by atoms with Crippen LogP contribution in [-0.2, 0) is 0 Å². The van der Waals surface area contributed by atoms with Gasteiger partial charge in [-0.05, 0) is 52.2 Å². The van der Waals surface area contributed by atoms with Gasteiger partial charge in [0, 0.05) is 29.1 Å². The van der Waals surface area contributed by atoms with Crippen LogP contribution in [0.15, 0.2) is 81.7 Å². The quantitative estimate of drug-likeness (QED) is 0.232. The van der Waals surface area contributed by atoms with Crippen molar-refractivity contribution in [2.45, 2.75) is 0 Å². The summed E-state index contributed by atoms with van der Waals surface area (Å²) in [5, 5.41) is 5.31. The zero-order chi connectivity index (χ0) is 17.0. The summed E-state index contributed by atoms with van der Waals surface area (Å²) in [5.74, 6) is 0. The van der Waals surface area contributed by atoms with Crippen LogP contribution >= 0.6 is 43.2 Å². The Hall–Kier alpha value is -1.68. The maximum absolute atomic E-state index is 3.69. The number of hydrogen-bond donors (Lipinski definition) is 0. The highest BCUT2D eigenvalue weighted by atomic mass is 79.9. The second kappa shape index (κ2) is 5.94. The number of benzene rings is 4. The normalized spacial score (nSPS) is 11.6. The molecule has 3 heteroatoms. The summed E-state index contributed by atoms with van der Waals surface area (Å²) in [4.78, 5) is 0. The van der Waals surface area contributed by atoms with E-state index in [4.69, 9.17) is 0 Å². The van der Waals surface area contributed by atoms with E-state index in [1.54, 1.807) is 0 Å². The highest BCUT2D eigenvalue weighted by molar-refractivity contribution is 9.11. The van der Waals surface area contributed by atoms with E-state index in [2.05, 4.69) is 105 Å². The van der Waals surface area contributed by atoms with Crippen molar-refractivity contribution in [1.29, 1.82) is 0 Å². The van der Waals surface area contributed by atoms with E-state index >= 15 is 0 Å². The lowest BCUT2D eigenvalue weighted by Crippen LogP contribution is -1.80. The minimum atomic E-state index is 1.09. The van der Waals surface area contributed by atoms with Gasteiger partial charge in [-0.2, -0.15) is 0 Å². The second-order valence-electron chi connectivity index (χ2n) is 6.10. The first kappa shape index (κ1) is 15.6. The Morgan fingerprint density at radius 2 is 1.56 bits per heavy atom. The standard InChI is InChI=1S/C22H12Br2S/c23-15-7-9-20(24)18(12-15)14-6-10-21-19(11-14)17-8-5-13-3-1-2-4-16(13)22(17)25-21/h1-12H. The first-order valence-corrected chi connectivity index (χ1v) is 10.4. The Labute approximate surface area is 166 Å². The molecule has 0 spiro atoms. The molecule has 25 heavy (non-hydrogen) atoms. The minimum Gasteiger partial charge on any atom is -0.135 e. The topological polar surface area (TPSA) is 0 Å². The molecule has 0 unspecified atom stereocenters. The van der Waals surface area contributed by atoms with Gasteiger partial charge in [0.2, 0.25) is 0 Å². The third-order valence-electron chi connectivity index (χ3n) is 4.60. The largest absolute Gasteiger partial charge is 0.135 e. The highest BCUT2D eigenvalue weighted by Gasteiger charge is 2.11. The summed E-state index contributed by atoms with van der Waals surface area (Å²) in [6.45, 7) is 0. The van der Waals surface area contributed by atoms with Crippen molar-refractivity contribution in [2.24, 2.45) is 0 Å². The van der Waals surface area contributed by atoms with Gasteiger partial charge in [0.05, 0.1) is 0 Å². The van der Waals surface area contributed by atoms with E-state index in [-0.39, 0.29) is 0 Å². The van der Waals surface area contributed by atoms with Crippen molar-refractivity contribution in [1.82, 2.24) is 0 Å². The predicted octanol–water partition coefficient (Wildman–Crippen LogP) is 8.40. The highest BCUT2D eigenvalue weighted by Crippen LogP contribution is 2.41. The van der Waals surface area contributed by atoms with Crippen molar-refractivity contribution in [2.75, 3.05) is 0 Å². The van der Waals surface area contributed by atoms with Crippen molar-refractivity contribution in [3.63, 3.8) is 0 Å². The molecule has 0 fully saturated rings. The first-order valence-electron chi connectivity index (χ1n) is 8.00. The average molecular weight is 468 g/mol. The number of hydrogen-bond acceptors (Lipinski definition) is 1. The van der Waals surface area contributed by atoms with Crippen molar-refractivity contribution in [3.05, 3.63) is 81.7 Å². The molecule has 120 valence electrons. The summed E-state index contributed by atoms with van der Waals surface area (Å²) in [6, 6.07) is 26.2. The molecule has 0 radical (unpaired) electrons. The van der Waals surface area contributed by atoms with Crippen LogP contribution in [-0.4, -0.2) is 0 Å². The average Bonchev–Trinajstić information content (AvgIpc) is 3.02. The molecule has 0 amide bonds. The third kappa shape index (κ3) is 2.53. The molecule has 0 atom stereocenters. The molecule has 0 N–H and O–H groups in total. The fraction of sp³-hybridized carbons (Fsp3) is 0. The van der Waals surface area contributed by atoms with Crippen LogP contribution in [0.5, 0.6) is 0 Å². The molecular formula is C22H12Br2S. The van der Waals surface area contributed by atoms with Crippen LogP contribution in [0.1, 0.15) is 0 Å². The first-order chi connectivity index (χ1) is 12.2. The lowest BCUT2D eigenvalue weighted by Gasteiger charge is -2.06. The molecule has 1 heterocycles. The van der Waals surface area contributed by atoms with Crippen LogP contribution in [0.3, 0.4) is 0 Å². The monoisotopic (exact) mass is 466 g/mol. The predicted molar refractivity (Wildman–Crippen MR) is 118 cm³/mol. The summed E-state index contributed by atoms with van der Waals surface area (Å²) >= 11 is 9.15. The molecule has 0 aliphatic carbocycles. The maximum Gasteiger partial charge on any atom is 0.0433 e. The van der Waals surface area contributed by atoms with Gasteiger partial charge in [-0.1, -0.05) is 74.3 Å². The van der Waals surface area contributed by atoms with Crippen LogP contribution in [0.4, 0.5) is 0 Å². The summed E-state index contributed by atoms with van der Waals surface area (Å²) in [7, 11) is 0. The SMILES string of the molecule is Brc1ccc(Br)c(-c2ccc3sc4c5ccccc5ccc4c3c2)c1. The van der Waals surface area contributed by atoms with E-state index in [9.17, 15) is 0 Å².